The van der Waals surface area contributed by atoms with E-state index in [0.29, 0.717) is 12.4 Å². The second-order valence-corrected chi connectivity index (χ2v) is 8.90. The summed E-state index contributed by atoms with van der Waals surface area (Å²) in [6.07, 6.45) is 1.35. The Labute approximate surface area is 186 Å². The Bertz CT molecular complexity index is 1160. The first-order valence-electron chi connectivity index (χ1n) is 10.5. The molecule has 3 heterocycles. The number of ether oxygens (including phenoxy) is 2. The number of carboxylic acid groups (broad SMARTS) is 1. The number of carbonyl (C=O) groups excluding carboxylic acids is 1. The van der Waals surface area contributed by atoms with Gasteiger partial charge in [-0.15, -0.1) is 0 Å². The van der Waals surface area contributed by atoms with Crippen LogP contribution in [0.3, 0.4) is 0 Å². The number of amides is 1. The minimum Gasteiger partial charge on any atom is -0.481 e. The average molecular weight is 437 g/mol. The number of carboxylic acids is 1. The maximum Gasteiger partial charge on any atom is 0.411 e. The number of methoxy groups -OCH3 is 1. The minimum atomic E-state index is -1.04. The molecular weight excluding hydrogens is 410 g/mol. The highest BCUT2D eigenvalue weighted by Gasteiger charge is 2.39. The van der Waals surface area contributed by atoms with E-state index in [9.17, 15) is 14.7 Å². The Morgan fingerprint density at radius 3 is 2.56 bits per heavy atom. The van der Waals surface area contributed by atoms with Crippen molar-refractivity contribution >= 4 is 23.0 Å². The van der Waals surface area contributed by atoms with Gasteiger partial charge in [-0.05, 0) is 38.0 Å². The number of para-hydroxylation sites is 1. The lowest BCUT2D eigenvalue weighted by Gasteiger charge is -2.35. The number of aromatic nitrogens is 2. The third kappa shape index (κ3) is 4.12. The second-order valence-electron chi connectivity index (χ2n) is 8.90. The molecule has 3 aromatic rings. The van der Waals surface area contributed by atoms with Crippen LogP contribution in [-0.4, -0.2) is 50.4 Å². The topological polar surface area (TPSA) is 93.9 Å². The maximum atomic E-state index is 12.9. The van der Waals surface area contributed by atoms with E-state index in [1.165, 1.54) is 4.90 Å². The molecule has 4 rings (SSSR count). The third-order valence-electron chi connectivity index (χ3n) is 5.55. The number of hydrogen-bond acceptors (Lipinski definition) is 5. The summed E-state index contributed by atoms with van der Waals surface area (Å²) in [4.78, 5) is 30.6. The zero-order chi connectivity index (χ0) is 23.0. The molecule has 8 nitrogen and oxygen atoms in total. The van der Waals surface area contributed by atoms with Gasteiger partial charge in [-0.25, -0.2) is 14.6 Å². The highest BCUT2D eigenvalue weighted by atomic mass is 16.6. The molecule has 1 aliphatic heterocycles. The summed E-state index contributed by atoms with van der Waals surface area (Å²) in [5.41, 5.74) is 3.10. The molecule has 32 heavy (non-hydrogen) atoms. The van der Waals surface area contributed by atoms with E-state index in [1.54, 1.807) is 40.1 Å². The fraction of sp³-hybridized carbons (Fsp3) is 0.375. The van der Waals surface area contributed by atoms with Crippen LogP contribution in [0.4, 0.5) is 4.79 Å². The number of aliphatic carboxylic acids is 1. The fourth-order valence-electron chi connectivity index (χ4n) is 4.13. The van der Waals surface area contributed by atoms with Crippen molar-refractivity contribution in [1.82, 2.24) is 14.5 Å². The Morgan fingerprint density at radius 1 is 1.19 bits per heavy atom. The smallest absolute Gasteiger partial charge is 0.411 e. The minimum absolute atomic E-state index is 0.152. The molecule has 1 aromatic carbocycles. The Hall–Kier alpha value is -3.55. The van der Waals surface area contributed by atoms with E-state index >= 15 is 0 Å². The zero-order valence-electron chi connectivity index (χ0n) is 18.7. The van der Waals surface area contributed by atoms with Crippen LogP contribution in [0.15, 0.2) is 42.6 Å². The number of nitrogens with zero attached hydrogens (tertiary/aromatic N) is 3. The lowest BCUT2D eigenvalue weighted by Crippen LogP contribution is -2.50. The quantitative estimate of drug-likeness (QED) is 0.667. The molecular formula is C24H27N3O5. The van der Waals surface area contributed by atoms with Crippen molar-refractivity contribution in [2.45, 2.75) is 51.9 Å². The van der Waals surface area contributed by atoms with Gasteiger partial charge >= 0.3 is 12.1 Å². The van der Waals surface area contributed by atoms with Crippen LogP contribution in [0.2, 0.25) is 0 Å². The molecule has 0 aliphatic carbocycles. The molecule has 1 amide bonds. The first kappa shape index (κ1) is 21.7. The molecule has 0 bridgehead atoms. The number of carbonyl (C=O) groups is 2. The summed E-state index contributed by atoms with van der Waals surface area (Å²) in [5, 5.41) is 10.9. The third-order valence-corrected chi connectivity index (χ3v) is 5.55. The van der Waals surface area contributed by atoms with E-state index in [-0.39, 0.29) is 13.0 Å². The zero-order valence-corrected chi connectivity index (χ0v) is 18.7. The van der Waals surface area contributed by atoms with E-state index in [2.05, 4.69) is 9.55 Å². The maximum absolute atomic E-state index is 12.9. The number of fused-ring (bicyclic) bond motifs is 3. The molecule has 0 spiro atoms. The summed E-state index contributed by atoms with van der Waals surface area (Å²) in [5.74, 6) is -0.508. The van der Waals surface area contributed by atoms with Crippen LogP contribution in [-0.2, 0) is 29.0 Å². The normalized spacial score (nSPS) is 16.0. The molecule has 0 fully saturated rings. The largest absolute Gasteiger partial charge is 0.481 e. The van der Waals surface area contributed by atoms with Gasteiger partial charge in [0, 0.05) is 41.8 Å². The van der Waals surface area contributed by atoms with Gasteiger partial charge in [0.15, 0.2) is 0 Å². The van der Waals surface area contributed by atoms with Crippen molar-refractivity contribution in [3.8, 4) is 5.88 Å². The number of hydrogen-bond donors (Lipinski definition) is 1. The van der Waals surface area contributed by atoms with Crippen LogP contribution < -0.4 is 4.74 Å². The van der Waals surface area contributed by atoms with Crippen molar-refractivity contribution in [2.24, 2.45) is 0 Å². The monoisotopic (exact) mass is 437 g/mol. The molecule has 0 radical (unpaired) electrons. The number of benzene rings is 1. The average Bonchev–Trinajstić information content (AvgIpc) is 3.05. The van der Waals surface area contributed by atoms with Crippen molar-refractivity contribution < 1.29 is 24.2 Å². The molecule has 1 N–H and O–H groups in total. The SMILES string of the molecule is COc1ccc(Cn2c3c(c4ccccc42)C[C@@H](C(=O)O)N(C(=O)OC(C)(C)C)C3)cn1. The predicted octanol–water partition coefficient (Wildman–Crippen LogP) is 3.84. The molecule has 8 heteroatoms. The van der Waals surface area contributed by atoms with Crippen molar-refractivity contribution in [3.05, 3.63) is 59.4 Å². The van der Waals surface area contributed by atoms with Gasteiger partial charge in [-0.1, -0.05) is 24.3 Å². The molecule has 1 aliphatic rings. The van der Waals surface area contributed by atoms with E-state index in [0.717, 1.165) is 27.7 Å². The molecule has 168 valence electrons. The predicted molar refractivity (Wildman–Crippen MR) is 119 cm³/mol. The van der Waals surface area contributed by atoms with Gasteiger partial charge in [0.05, 0.1) is 13.7 Å². The van der Waals surface area contributed by atoms with Crippen molar-refractivity contribution in [2.75, 3.05) is 7.11 Å². The van der Waals surface area contributed by atoms with Crippen LogP contribution in [0.1, 0.15) is 37.6 Å². The molecule has 2 aromatic heterocycles. The molecule has 0 unspecified atom stereocenters. The molecule has 0 saturated heterocycles. The highest BCUT2D eigenvalue weighted by Crippen LogP contribution is 2.34. The Morgan fingerprint density at radius 2 is 1.94 bits per heavy atom. The summed E-state index contributed by atoms with van der Waals surface area (Å²) in [6, 6.07) is 10.7. The van der Waals surface area contributed by atoms with Crippen molar-refractivity contribution in [3.63, 3.8) is 0 Å². The summed E-state index contributed by atoms with van der Waals surface area (Å²) < 4.78 is 12.8. The van der Waals surface area contributed by atoms with Gasteiger partial charge in [0.2, 0.25) is 5.88 Å². The molecule has 0 saturated carbocycles. The van der Waals surface area contributed by atoms with Crippen molar-refractivity contribution in [1.29, 1.82) is 0 Å². The lowest BCUT2D eigenvalue weighted by molar-refractivity contribution is -0.143. The van der Waals surface area contributed by atoms with Crippen LogP contribution in [0, 0.1) is 0 Å². The van der Waals surface area contributed by atoms with E-state index < -0.39 is 23.7 Å². The van der Waals surface area contributed by atoms with Gasteiger partial charge in [0.25, 0.3) is 0 Å². The van der Waals surface area contributed by atoms with E-state index in [4.69, 9.17) is 9.47 Å². The van der Waals surface area contributed by atoms with Crippen LogP contribution in [0.5, 0.6) is 5.88 Å². The number of pyridine rings is 1. The van der Waals surface area contributed by atoms with Crippen LogP contribution >= 0.6 is 0 Å². The van der Waals surface area contributed by atoms with Crippen LogP contribution in [0.25, 0.3) is 10.9 Å². The Balaban J connectivity index is 1.78. The lowest BCUT2D eigenvalue weighted by atomic mass is 9.97. The number of rotatable bonds is 4. The fourth-order valence-corrected chi connectivity index (χ4v) is 4.13. The van der Waals surface area contributed by atoms with Gasteiger partial charge in [-0.3, -0.25) is 4.90 Å². The van der Waals surface area contributed by atoms with Gasteiger partial charge in [-0.2, -0.15) is 0 Å². The van der Waals surface area contributed by atoms with Gasteiger partial charge in [0.1, 0.15) is 11.6 Å². The first-order chi connectivity index (χ1) is 15.2. The molecule has 1 atom stereocenters. The highest BCUT2D eigenvalue weighted by molar-refractivity contribution is 5.89. The standard InChI is InChI=1S/C24H27N3O5/c1-24(2,3)32-23(30)27-14-20-17(11-19(27)22(28)29)16-7-5-6-8-18(16)26(20)13-15-9-10-21(31-4)25-12-15/h5-10,12,19H,11,13-14H2,1-4H3,(H,28,29)/t19-/m0/s1. The second kappa shape index (κ2) is 8.18. The Kier molecular flexibility index (Phi) is 5.54. The summed E-state index contributed by atoms with van der Waals surface area (Å²) in [6.45, 7) is 5.99. The van der Waals surface area contributed by atoms with E-state index in [1.807, 2.05) is 30.3 Å². The van der Waals surface area contributed by atoms with Gasteiger partial charge < -0.3 is 19.1 Å². The summed E-state index contributed by atoms with van der Waals surface area (Å²) in [7, 11) is 1.57. The summed E-state index contributed by atoms with van der Waals surface area (Å²) >= 11 is 0. The first-order valence-corrected chi connectivity index (χ1v) is 10.5.